The number of nitrogens with one attached hydrogen (secondary N) is 2. The summed E-state index contributed by atoms with van der Waals surface area (Å²) in [5.74, 6) is 0.691. The minimum atomic E-state index is -3.86. The Morgan fingerprint density at radius 1 is 1.10 bits per heavy atom. The molecule has 0 fully saturated rings. The lowest BCUT2D eigenvalue weighted by atomic mass is 10.0. The Morgan fingerprint density at radius 2 is 1.77 bits per heavy atom. The predicted octanol–water partition coefficient (Wildman–Crippen LogP) is 2.86. The summed E-state index contributed by atoms with van der Waals surface area (Å²) >= 11 is 0. The Hall–Kier alpha value is -2.91. The van der Waals surface area contributed by atoms with E-state index in [1.54, 1.807) is 37.4 Å². The molecule has 0 aliphatic carbocycles. The Labute approximate surface area is 183 Å². The zero-order chi connectivity index (χ0) is 23.0. The number of carbonyl (C=O) groups excluding carboxylic acids is 1. The van der Waals surface area contributed by atoms with E-state index in [-0.39, 0.29) is 10.8 Å². The van der Waals surface area contributed by atoms with Crippen LogP contribution in [-0.4, -0.2) is 40.8 Å². The number of benzene rings is 2. The van der Waals surface area contributed by atoms with Crippen molar-refractivity contribution >= 4 is 22.1 Å². The summed E-state index contributed by atoms with van der Waals surface area (Å²) < 4.78 is 38.4. The van der Waals surface area contributed by atoms with Crippen LogP contribution in [0.15, 0.2) is 52.5 Å². The van der Waals surface area contributed by atoms with E-state index in [4.69, 9.17) is 9.47 Å². The van der Waals surface area contributed by atoms with Crippen LogP contribution in [0.5, 0.6) is 11.5 Å². The van der Waals surface area contributed by atoms with Gasteiger partial charge in [-0.3, -0.25) is 4.79 Å². The van der Waals surface area contributed by atoms with Crippen molar-refractivity contribution in [2.24, 2.45) is 11.0 Å². The Bertz CT molecular complexity index is 1020. The van der Waals surface area contributed by atoms with Crippen molar-refractivity contribution in [3.63, 3.8) is 0 Å². The first kappa shape index (κ1) is 24.4. The van der Waals surface area contributed by atoms with Crippen LogP contribution < -0.4 is 19.6 Å². The molecule has 2 aromatic rings. The molecule has 0 aliphatic heterocycles. The SMILES string of the molecule is COc1ccc(OC)c(/C=N\NC(=O)[C@@H](CC(C)C)NS(=O)(=O)c2ccc(C)cc2)c1. The first-order chi connectivity index (χ1) is 14.7. The van der Waals surface area contributed by atoms with Gasteiger partial charge in [0.1, 0.15) is 17.5 Å². The highest BCUT2D eigenvalue weighted by molar-refractivity contribution is 7.89. The molecule has 0 aromatic heterocycles. The molecule has 2 rings (SSSR count). The van der Waals surface area contributed by atoms with Crippen molar-refractivity contribution in [2.45, 2.75) is 38.1 Å². The van der Waals surface area contributed by atoms with Gasteiger partial charge >= 0.3 is 0 Å². The molecular formula is C22H29N3O5S. The third-order valence-electron chi connectivity index (χ3n) is 4.47. The predicted molar refractivity (Wildman–Crippen MR) is 120 cm³/mol. The molecule has 0 radical (unpaired) electrons. The lowest BCUT2D eigenvalue weighted by Crippen LogP contribution is -2.46. The van der Waals surface area contributed by atoms with Crippen LogP contribution in [0.3, 0.4) is 0 Å². The highest BCUT2D eigenvalue weighted by Gasteiger charge is 2.26. The molecule has 1 amide bonds. The van der Waals surface area contributed by atoms with Crippen LogP contribution in [0.25, 0.3) is 0 Å². The highest BCUT2D eigenvalue weighted by Crippen LogP contribution is 2.22. The van der Waals surface area contributed by atoms with Gasteiger partial charge in [0.05, 0.1) is 25.3 Å². The number of carbonyl (C=O) groups is 1. The second-order valence-electron chi connectivity index (χ2n) is 7.46. The molecule has 0 saturated heterocycles. The first-order valence-corrected chi connectivity index (χ1v) is 11.3. The molecule has 168 valence electrons. The summed E-state index contributed by atoms with van der Waals surface area (Å²) in [5.41, 5.74) is 3.96. The molecule has 0 unspecified atom stereocenters. The number of hydrogen-bond donors (Lipinski definition) is 2. The Balaban J connectivity index is 2.16. The van der Waals surface area contributed by atoms with Gasteiger partial charge in [-0.1, -0.05) is 31.5 Å². The third-order valence-corrected chi connectivity index (χ3v) is 5.96. The summed E-state index contributed by atoms with van der Waals surface area (Å²) in [4.78, 5) is 12.8. The van der Waals surface area contributed by atoms with E-state index in [0.717, 1.165) is 5.56 Å². The first-order valence-electron chi connectivity index (χ1n) is 9.80. The second kappa shape index (κ2) is 10.9. The fourth-order valence-electron chi connectivity index (χ4n) is 2.84. The largest absolute Gasteiger partial charge is 0.497 e. The molecule has 8 nitrogen and oxygen atoms in total. The summed E-state index contributed by atoms with van der Waals surface area (Å²) in [6.07, 6.45) is 1.73. The molecule has 0 spiro atoms. The summed E-state index contributed by atoms with van der Waals surface area (Å²) in [7, 11) is -0.796. The van der Waals surface area contributed by atoms with Gasteiger partial charge < -0.3 is 9.47 Å². The van der Waals surface area contributed by atoms with Gasteiger partial charge in [0, 0.05) is 5.56 Å². The number of amides is 1. The van der Waals surface area contributed by atoms with E-state index < -0.39 is 22.0 Å². The van der Waals surface area contributed by atoms with Crippen LogP contribution in [-0.2, 0) is 14.8 Å². The van der Waals surface area contributed by atoms with Gasteiger partial charge in [0.25, 0.3) is 5.91 Å². The van der Waals surface area contributed by atoms with Crippen LogP contribution in [0.4, 0.5) is 0 Å². The molecule has 2 N–H and O–H groups in total. The van der Waals surface area contributed by atoms with Crippen molar-refractivity contribution in [2.75, 3.05) is 14.2 Å². The quantitative estimate of drug-likeness (QED) is 0.430. The third kappa shape index (κ3) is 7.08. The fraction of sp³-hybridized carbons (Fsp3) is 0.364. The van der Waals surface area contributed by atoms with E-state index in [1.165, 1.54) is 25.5 Å². The fourth-order valence-corrected chi connectivity index (χ4v) is 4.04. The van der Waals surface area contributed by atoms with Crippen LogP contribution in [0.1, 0.15) is 31.4 Å². The number of rotatable bonds is 10. The summed E-state index contributed by atoms with van der Waals surface area (Å²) in [6.45, 7) is 5.68. The number of nitrogens with zero attached hydrogens (tertiary/aromatic N) is 1. The van der Waals surface area contributed by atoms with Gasteiger partial charge in [-0.15, -0.1) is 0 Å². The van der Waals surface area contributed by atoms with Crippen molar-refractivity contribution in [3.05, 3.63) is 53.6 Å². The summed E-state index contributed by atoms with van der Waals surface area (Å²) in [5, 5.41) is 3.97. The maximum Gasteiger partial charge on any atom is 0.258 e. The average Bonchev–Trinajstić information content (AvgIpc) is 2.72. The molecule has 9 heteroatoms. The topological polar surface area (TPSA) is 106 Å². The zero-order valence-electron chi connectivity index (χ0n) is 18.4. The number of hydrogen-bond acceptors (Lipinski definition) is 6. The van der Waals surface area contributed by atoms with E-state index >= 15 is 0 Å². The van der Waals surface area contributed by atoms with E-state index in [9.17, 15) is 13.2 Å². The Kier molecular flexibility index (Phi) is 8.58. The van der Waals surface area contributed by atoms with Crippen LogP contribution >= 0.6 is 0 Å². The normalized spacial score (nSPS) is 12.7. The smallest absolute Gasteiger partial charge is 0.258 e. The molecule has 0 aliphatic rings. The maximum atomic E-state index is 12.7. The average molecular weight is 448 g/mol. The standard InChI is InChI=1S/C22H29N3O5S/c1-15(2)12-20(25-31(27,28)19-9-6-16(3)7-10-19)22(26)24-23-14-17-13-18(29-4)8-11-21(17)30-5/h6-11,13-15,20,25H,12H2,1-5H3,(H,24,26)/b23-14-/t20-/m1/s1. The number of sulfonamides is 1. The van der Waals surface area contributed by atoms with Crippen molar-refractivity contribution in [1.29, 1.82) is 0 Å². The summed E-state index contributed by atoms with van der Waals surface area (Å²) in [6, 6.07) is 10.6. The van der Waals surface area contributed by atoms with E-state index in [0.29, 0.717) is 23.5 Å². The molecule has 0 saturated carbocycles. The highest BCUT2D eigenvalue weighted by atomic mass is 32.2. The van der Waals surface area contributed by atoms with Crippen LogP contribution in [0.2, 0.25) is 0 Å². The minimum absolute atomic E-state index is 0.0823. The van der Waals surface area contributed by atoms with Gasteiger partial charge in [-0.05, 0) is 49.6 Å². The van der Waals surface area contributed by atoms with E-state index in [1.807, 2.05) is 20.8 Å². The van der Waals surface area contributed by atoms with Crippen molar-refractivity contribution in [1.82, 2.24) is 10.1 Å². The molecule has 0 bridgehead atoms. The van der Waals surface area contributed by atoms with Crippen molar-refractivity contribution < 1.29 is 22.7 Å². The van der Waals surface area contributed by atoms with Gasteiger partial charge in [-0.2, -0.15) is 9.82 Å². The molecule has 2 aromatic carbocycles. The Morgan fingerprint density at radius 3 is 2.35 bits per heavy atom. The van der Waals surface area contributed by atoms with Crippen LogP contribution in [0, 0.1) is 12.8 Å². The van der Waals surface area contributed by atoms with E-state index in [2.05, 4.69) is 15.2 Å². The lowest BCUT2D eigenvalue weighted by Gasteiger charge is -2.19. The van der Waals surface area contributed by atoms with Gasteiger partial charge in [-0.25, -0.2) is 13.8 Å². The maximum absolute atomic E-state index is 12.7. The monoisotopic (exact) mass is 447 g/mol. The zero-order valence-corrected chi connectivity index (χ0v) is 19.2. The number of ether oxygens (including phenoxy) is 2. The molecule has 0 heterocycles. The van der Waals surface area contributed by atoms with Gasteiger partial charge in [0.15, 0.2) is 0 Å². The van der Waals surface area contributed by atoms with Gasteiger partial charge in [0.2, 0.25) is 10.0 Å². The number of aryl methyl sites for hydroxylation is 1. The molecule has 31 heavy (non-hydrogen) atoms. The minimum Gasteiger partial charge on any atom is -0.497 e. The molecular weight excluding hydrogens is 418 g/mol. The van der Waals surface area contributed by atoms with Crippen molar-refractivity contribution in [3.8, 4) is 11.5 Å². The number of hydrazone groups is 1. The number of methoxy groups -OCH3 is 2. The molecule has 1 atom stereocenters. The second-order valence-corrected chi connectivity index (χ2v) is 9.17. The lowest BCUT2D eigenvalue weighted by molar-refractivity contribution is -0.123.